The first-order valence-electron chi connectivity index (χ1n) is 7.93. The molecule has 0 aliphatic carbocycles. The van der Waals surface area contributed by atoms with Gasteiger partial charge < -0.3 is 4.98 Å². The molecule has 2 aromatic heterocycles. The molecule has 0 saturated heterocycles. The van der Waals surface area contributed by atoms with Crippen LogP contribution in [0.5, 0.6) is 0 Å². The number of aryl methyl sites for hydroxylation is 2. The molecule has 0 unspecified atom stereocenters. The number of imidazole rings is 1. The highest BCUT2D eigenvalue weighted by Crippen LogP contribution is 2.18. The summed E-state index contributed by atoms with van der Waals surface area (Å²) in [5.74, 6) is 0.627. The van der Waals surface area contributed by atoms with Crippen molar-refractivity contribution in [3.8, 4) is 11.3 Å². The summed E-state index contributed by atoms with van der Waals surface area (Å²) in [7, 11) is 0. The molecule has 0 saturated carbocycles. The largest absolute Gasteiger partial charge is 0.348 e. The number of benzene rings is 2. The Bertz CT molecular complexity index is 991. The van der Waals surface area contributed by atoms with Crippen LogP contribution in [0.15, 0.2) is 66.9 Å². The molecule has 24 heavy (non-hydrogen) atoms. The quantitative estimate of drug-likeness (QED) is 0.600. The number of H-pyrrole nitrogens is 1. The van der Waals surface area contributed by atoms with Gasteiger partial charge in [0.2, 0.25) is 0 Å². The molecule has 0 atom stereocenters. The van der Waals surface area contributed by atoms with Crippen molar-refractivity contribution in [1.29, 1.82) is 0 Å². The van der Waals surface area contributed by atoms with Crippen molar-refractivity contribution in [3.05, 3.63) is 84.2 Å². The number of hydrogen-bond donors (Lipinski definition) is 1. The molecular formula is C20H16FN3. The molecule has 3 nitrogen and oxygen atoms in total. The molecule has 0 fully saturated rings. The number of nitrogens with one attached hydrogen (secondary N) is 1. The van der Waals surface area contributed by atoms with E-state index in [4.69, 9.17) is 0 Å². The lowest BCUT2D eigenvalue weighted by atomic mass is 10.1. The second kappa shape index (κ2) is 6.24. The molecular weight excluding hydrogens is 301 g/mol. The van der Waals surface area contributed by atoms with Crippen LogP contribution in [0.3, 0.4) is 0 Å². The zero-order valence-electron chi connectivity index (χ0n) is 13.0. The van der Waals surface area contributed by atoms with Gasteiger partial charge in [0.1, 0.15) is 11.6 Å². The zero-order chi connectivity index (χ0) is 16.4. The molecule has 0 aliphatic rings. The Hall–Kier alpha value is -3.01. The third-order valence-corrected chi connectivity index (χ3v) is 4.03. The van der Waals surface area contributed by atoms with E-state index >= 15 is 0 Å². The number of rotatable bonds is 4. The van der Waals surface area contributed by atoms with Crippen molar-refractivity contribution in [2.24, 2.45) is 0 Å². The van der Waals surface area contributed by atoms with Gasteiger partial charge in [0.25, 0.3) is 0 Å². The maximum atomic E-state index is 13.3. The van der Waals surface area contributed by atoms with E-state index in [1.807, 2.05) is 30.5 Å². The summed E-state index contributed by atoms with van der Waals surface area (Å²) < 4.78 is 13.3. The highest BCUT2D eigenvalue weighted by molar-refractivity contribution is 5.78. The van der Waals surface area contributed by atoms with E-state index in [0.717, 1.165) is 46.5 Å². The van der Waals surface area contributed by atoms with Crippen LogP contribution in [-0.4, -0.2) is 15.0 Å². The molecule has 0 bridgehead atoms. The first-order valence-corrected chi connectivity index (χ1v) is 7.93. The topological polar surface area (TPSA) is 41.6 Å². The third-order valence-electron chi connectivity index (χ3n) is 4.03. The van der Waals surface area contributed by atoms with Gasteiger partial charge in [-0.25, -0.2) is 9.37 Å². The maximum Gasteiger partial charge on any atom is 0.123 e. The Morgan fingerprint density at radius 2 is 1.79 bits per heavy atom. The molecule has 2 aromatic carbocycles. The fourth-order valence-electron chi connectivity index (χ4n) is 2.78. The minimum absolute atomic E-state index is 0.252. The number of fused-ring (bicyclic) bond motifs is 1. The zero-order valence-corrected chi connectivity index (χ0v) is 13.0. The van der Waals surface area contributed by atoms with Gasteiger partial charge in [-0.1, -0.05) is 36.4 Å². The Balaban J connectivity index is 1.49. The second-order valence-electron chi connectivity index (χ2n) is 5.74. The van der Waals surface area contributed by atoms with Gasteiger partial charge in [-0.3, -0.25) is 4.98 Å². The van der Waals surface area contributed by atoms with E-state index in [-0.39, 0.29) is 5.82 Å². The van der Waals surface area contributed by atoms with E-state index in [0.29, 0.717) is 0 Å². The number of pyridine rings is 1. The Labute approximate surface area is 139 Å². The number of aromatic amines is 1. The number of halogens is 1. The number of nitrogens with zero attached hydrogens (tertiary/aromatic N) is 2. The molecule has 4 heteroatoms. The van der Waals surface area contributed by atoms with Crippen molar-refractivity contribution >= 4 is 10.9 Å². The van der Waals surface area contributed by atoms with Gasteiger partial charge >= 0.3 is 0 Å². The van der Waals surface area contributed by atoms with Crippen LogP contribution in [0.1, 0.15) is 11.5 Å². The van der Waals surface area contributed by atoms with Gasteiger partial charge in [0.05, 0.1) is 11.2 Å². The highest BCUT2D eigenvalue weighted by Gasteiger charge is 2.06. The third kappa shape index (κ3) is 3.04. The standard InChI is InChI=1S/C20H16FN3/c21-16-6-3-5-15(12-16)19-13-22-20(24-19)11-10-17-9-8-14-4-1-2-7-18(14)23-17/h1-9,12-13H,10-11H2,(H,22,24). The fourth-order valence-corrected chi connectivity index (χ4v) is 2.78. The van der Waals surface area contributed by atoms with Crippen LogP contribution < -0.4 is 0 Å². The first kappa shape index (κ1) is 14.6. The summed E-state index contributed by atoms with van der Waals surface area (Å²) in [6.07, 6.45) is 3.39. The minimum atomic E-state index is -0.252. The van der Waals surface area contributed by atoms with Crippen LogP contribution >= 0.6 is 0 Å². The Morgan fingerprint density at radius 1 is 0.875 bits per heavy atom. The van der Waals surface area contributed by atoms with Crippen LogP contribution in [0, 0.1) is 5.82 Å². The van der Waals surface area contributed by atoms with Crippen LogP contribution in [0.25, 0.3) is 22.2 Å². The van der Waals surface area contributed by atoms with Crippen LogP contribution in [0.2, 0.25) is 0 Å². The first-order chi connectivity index (χ1) is 11.8. The summed E-state index contributed by atoms with van der Waals surface area (Å²) in [5, 5.41) is 1.15. The van der Waals surface area contributed by atoms with Crippen molar-refractivity contribution in [3.63, 3.8) is 0 Å². The van der Waals surface area contributed by atoms with Gasteiger partial charge in [-0.15, -0.1) is 0 Å². The van der Waals surface area contributed by atoms with E-state index < -0.39 is 0 Å². The molecule has 0 aliphatic heterocycles. The monoisotopic (exact) mass is 317 g/mol. The predicted molar refractivity (Wildman–Crippen MR) is 93.1 cm³/mol. The van der Waals surface area contributed by atoms with Crippen molar-refractivity contribution < 1.29 is 4.39 Å². The van der Waals surface area contributed by atoms with Crippen molar-refractivity contribution in [2.45, 2.75) is 12.8 Å². The highest BCUT2D eigenvalue weighted by atomic mass is 19.1. The molecule has 1 N–H and O–H groups in total. The summed E-state index contributed by atoms with van der Waals surface area (Å²) >= 11 is 0. The minimum Gasteiger partial charge on any atom is -0.348 e. The fraction of sp³-hybridized carbons (Fsp3) is 0.100. The second-order valence-corrected chi connectivity index (χ2v) is 5.74. The van der Waals surface area contributed by atoms with Gasteiger partial charge in [-0.05, 0) is 30.7 Å². The maximum absolute atomic E-state index is 13.3. The van der Waals surface area contributed by atoms with Gasteiger partial charge in [0.15, 0.2) is 0 Å². The Morgan fingerprint density at radius 3 is 2.71 bits per heavy atom. The average molecular weight is 317 g/mol. The molecule has 4 aromatic rings. The normalized spacial score (nSPS) is 11.0. The predicted octanol–water partition coefficient (Wildman–Crippen LogP) is 4.55. The van der Waals surface area contributed by atoms with E-state index in [9.17, 15) is 4.39 Å². The van der Waals surface area contributed by atoms with Crippen molar-refractivity contribution in [1.82, 2.24) is 15.0 Å². The van der Waals surface area contributed by atoms with E-state index in [1.165, 1.54) is 12.1 Å². The van der Waals surface area contributed by atoms with E-state index in [1.54, 1.807) is 6.07 Å². The number of aromatic nitrogens is 3. The molecule has 0 spiro atoms. The van der Waals surface area contributed by atoms with E-state index in [2.05, 4.69) is 33.2 Å². The summed E-state index contributed by atoms with van der Waals surface area (Å²) in [6, 6.07) is 18.7. The van der Waals surface area contributed by atoms with Crippen molar-refractivity contribution in [2.75, 3.05) is 0 Å². The number of para-hydroxylation sites is 1. The molecule has 118 valence electrons. The molecule has 0 amide bonds. The van der Waals surface area contributed by atoms with Crippen LogP contribution in [-0.2, 0) is 12.8 Å². The lowest BCUT2D eigenvalue weighted by molar-refractivity contribution is 0.628. The lowest BCUT2D eigenvalue weighted by Gasteiger charge is -2.02. The summed E-state index contributed by atoms with van der Waals surface area (Å²) in [6.45, 7) is 0. The molecule has 0 radical (unpaired) electrons. The molecule has 2 heterocycles. The SMILES string of the molecule is Fc1cccc(-c2c[nH]c(CCc3ccc4ccccc4n3)n2)c1. The van der Waals surface area contributed by atoms with Crippen LogP contribution in [0.4, 0.5) is 4.39 Å². The molecule has 4 rings (SSSR count). The van der Waals surface area contributed by atoms with Gasteiger partial charge in [-0.2, -0.15) is 0 Å². The van der Waals surface area contributed by atoms with Gasteiger partial charge in [0, 0.05) is 29.3 Å². The smallest absolute Gasteiger partial charge is 0.123 e. The summed E-state index contributed by atoms with van der Waals surface area (Å²) in [5.41, 5.74) is 3.59. The Kier molecular flexibility index (Phi) is 3.79. The average Bonchev–Trinajstić information content (AvgIpc) is 3.09. The number of hydrogen-bond acceptors (Lipinski definition) is 2. The summed E-state index contributed by atoms with van der Waals surface area (Å²) in [4.78, 5) is 12.4. The lowest BCUT2D eigenvalue weighted by Crippen LogP contribution is -1.96.